The highest BCUT2D eigenvalue weighted by molar-refractivity contribution is 5.65. The maximum absolute atomic E-state index is 5.03. The van der Waals surface area contributed by atoms with Crippen LogP contribution in [0.5, 0.6) is 0 Å². The van der Waals surface area contributed by atoms with Crippen LogP contribution in [-0.4, -0.2) is 4.98 Å². The van der Waals surface area contributed by atoms with Crippen molar-refractivity contribution in [3.05, 3.63) is 112 Å². The molecule has 4 aromatic rings. The fourth-order valence-corrected chi connectivity index (χ4v) is 4.58. The van der Waals surface area contributed by atoms with Crippen molar-refractivity contribution in [3.8, 4) is 11.3 Å². The SMILES string of the molecule is CCc1cccc(CC)c1NCc1cccc(-c2ccccc2CNc2c(C)cccc2C)n1. The van der Waals surface area contributed by atoms with Gasteiger partial charge in [-0.25, -0.2) is 0 Å². The third-order valence-corrected chi connectivity index (χ3v) is 6.48. The fourth-order valence-electron chi connectivity index (χ4n) is 4.58. The number of pyridine rings is 1. The van der Waals surface area contributed by atoms with Crippen LogP contribution < -0.4 is 10.6 Å². The second kappa shape index (κ2) is 11.0. The summed E-state index contributed by atoms with van der Waals surface area (Å²) >= 11 is 0. The molecule has 1 aromatic heterocycles. The number of hydrogen-bond donors (Lipinski definition) is 2. The van der Waals surface area contributed by atoms with Gasteiger partial charge < -0.3 is 10.6 Å². The van der Waals surface area contributed by atoms with Gasteiger partial charge in [0.05, 0.1) is 17.9 Å². The molecule has 0 aliphatic rings. The van der Waals surface area contributed by atoms with Crippen LogP contribution in [0.25, 0.3) is 11.3 Å². The molecule has 0 spiro atoms. The Hall–Kier alpha value is -3.59. The van der Waals surface area contributed by atoms with E-state index in [0.717, 1.165) is 30.8 Å². The Balaban J connectivity index is 1.55. The summed E-state index contributed by atoms with van der Waals surface area (Å²) in [7, 11) is 0. The number of anilines is 2. The molecule has 3 heteroatoms. The van der Waals surface area contributed by atoms with Crippen molar-refractivity contribution in [2.75, 3.05) is 10.6 Å². The highest BCUT2D eigenvalue weighted by Crippen LogP contribution is 2.26. The van der Waals surface area contributed by atoms with Crippen LogP contribution in [0, 0.1) is 13.8 Å². The first kappa shape index (κ1) is 23.6. The molecule has 174 valence electrons. The zero-order valence-electron chi connectivity index (χ0n) is 20.8. The van der Waals surface area contributed by atoms with E-state index in [1.54, 1.807) is 0 Å². The van der Waals surface area contributed by atoms with Crippen LogP contribution in [0.3, 0.4) is 0 Å². The zero-order valence-corrected chi connectivity index (χ0v) is 20.8. The average Bonchev–Trinajstić information content (AvgIpc) is 2.87. The van der Waals surface area contributed by atoms with Crippen molar-refractivity contribution < 1.29 is 0 Å². The van der Waals surface area contributed by atoms with E-state index in [9.17, 15) is 0 Å². The Morgan fingerprint density at radius 1 is 0.588 bits per heavy atom. The molecule has 2 N–H and O–H groups in total. The van der Waals surface area contributed by atoms with E-state index in [1.165, 1.54) is 44.8 Å². The highest BCUT2D eigenvalue weighted by Gasteiger charge is 2.10. The van der Waals surface area contributed by atoms with E-state index in [0.29, 0.717) is 6.54 Å². The highest BCUT2D eigenvalue weighted by atomic mass is 14.9. The quantitative estimate of drug-likeness (QED) is 0.275. The third-order valence-electron chi connectivity index (χ3n) is 6.48. The van der Waals surface area contributed by atoms with Gasteiger partial charge in [0.2, 0.25) is 0 Å². The van der Waals surface area contributed by atoms with Gasteiger partial charge in [-0.1, -0.05) is 80.6 Å². The predicted octanol–water partition coefficient (Wildman–Crippen LogP) is 7.71. The van der Waals surface area contributed by atoms with Crippen molar-refractivity contribution in [1.29, 1.82) is 0 Å². The number of nitrogens with one attached hydrogen (secondary N) is 2. The molecule has 4 rings (SSSR count). The van der Waals surface area contributed by atoms with E-state index in [2.05, 4.69) is 117 Å². The summed E-state index contributed by atoms with van der Waals surface area (Å²) in [5, 5.41) is 7.33. The van der Waals surface area contributed by atoms with Gasteiger partial charge in [-0.15, -0.1) is 0 Å². The molecular formula is C31H35N3. The number of para-hydroxylation sites is 2. The molecule has 0 aliphatic heterocycles. The summed E-state index contributed by atoms with van der Waals surface area (Å²) in [6.45, 7) is 10.2. The predicted molar refractivity (Wildman–Crippen MR) is 145 cm³/mol. The summed E-state index contributed by atoms with van der Waals surface area (Å²) < 4.78 is 0. The van der Waals surface area contributed by atoms with Crippen LogP contribution in [0.1, 0.15) is 47.4 Å². The fraction of sp³-hybridized carbons (Fsp3) is 0.258. The standard InChI is InChI=1S/C31H35N3/c1-5-24-15-10-16-25(6-2)31(24)33-21-27-17-11-19-29(34-27)28-18-8-7-14-26(28)20-32-30-22(3)12-9-13-23(30)4/h7-19,32-33H,5-6,20-21H2,1-4H3. The molecule has 0 bridgehead atoms. The van der Waals surface area contributed by atoms with Crippen molar-refractivity contribution in [2.24, 2.45) is 0 Å². The monoisotopic (exact) mass is 449 g/mol. The topological polar surface area (TPSA) is 37.0 Å². The Bertz CT molecular complexity index is 1220. The van der Waals surface area contributed by atoms with Gasteiger partial charge >= 0.3 is 0 Å². The lowest BCUT2D eigenvalue weighted by Gasteiger charge is -2.16. The molecule has 3 nitrogen and oxygen atoms in total. The Kier molecular flexibility index (Phi) is 7.64. The molecule has 0 aliphatic carbocycles. The van der Waals surface area contributed by atoms with E-state index in [1.807, 2.05) is 0 Å². The second-order valence-electron chi connectivity index (χ2n) is 8.80. The molecule has 0 amide bonds. The number of rotatable bonds is 9. The number of benzene rings is 3. The first-order valence-corrected chi connectivity index (χ1v) is 12.3. The van der Waals surface area contributed by atoms with Crippen LogP contribution in [-0.2, 0) is 25.9 Å². The average molecular weight is 450 g/mol. The lowest BCUT2D eigenvalue weighted by atomic mass is 10.0. The normalized spacial score (nSPS) is 10.8. The minimum absolute atomic E-state index is 0.709. The maximum Gasteiger partial charge on any atom is 0.0709 e. The van der Waals surface area contributed by atoms with E-state index >= 15 is 0 Å². The molecule has 0 atom stereocenters. The molecular weight excluding hydrogens is 414 g/mol. The summed E-state index contributed by atoms with van der Waals surface area (Å²) in [4.78, 5) is 5.03. The molecule has 0 saturated heterocycles. The molecule has 0 saturated carbocycles. The molecule has 0 fully saturated rings. The largest absolute Gasteiger partial charge is 0.381 e. The van der Waals surface area contributed by atoms with E-state index in [4.69, 9.17) is 4.98 Å². The summed E-state index contributed by atoms with van der Waals surface area (Å²) in [6, 6.07) is 27.9. The van der Waals surface area contributed by atoms with Crippen molar-refractivity contribution in [2.45, 2.75) is 53.6 Å². The van der Waals surface area contributed by atoms with Gasteiger partial charge in [0.15, 0.2) is 0 Å². The molecule has 0 radical (unpaired) electrons. The van der Waals surface area contributed by atoms with Gasteiger partial charge in [0, 0.05) is 23.5 Å². The molecule has 34 heavy (non-hydrogen) atoms. The zero-order chi connectivity index (χ0) is 23.9. The molecule has 3 aromatic carbocycles. The van der Waals surface area contributed by atoms with Crippen LogP contribution >= 0.6 is 0 Å². The Morgan fingerprint density at radius 3 is 1.88 bits per heavy atom. The van der Waals surface area contributed by atoms with Gasteiger partial charge in [0.25, 0.3) is 0 Å². The second-order valence-corrected chi connectivity index (χ2v) is 8.80. The number of aromatic nitrogens is 1. The number of aryl methyl sites for hydroxylation is 4. The van der Waals surface area contributed by atoms with Gasteiger partial charge in [-0.3, -0.25) is 4.98 Å². The number of hydrogen-bond acceptors (Lipinski definition) is 3. The summed E-state index contributed by atoms with van der Waals surface area (Å²) in [5.74, 6) is 0. The Morgan fingerprint density at radius 2 is 1.18 bits per heavy atom. The lowest BCUT2D eigenvalue weighted by molar-refractivity contribution is 1.01. The number of nitrogens with zero attached hydrogens (tertiary/aromatic N) is 1. The van der Waals surface area contributed by atoms with Gasteiger partial charge in [-0.05, 0) is 66.6 Å². The minimum Gasteiger partial charge on any atom is -0.381 e. The van der Waals surface area contributed by atoms with Crippen LogP contribution in [0.2, 0.25) is 0 Å². The lowest BCUT2D eigenvalue weighted by Crippen LogP contribution is -2.07. The summed E-state index contributed by atoms with van der Waals surface area (Å²) in [6.07, 6.45) is 2.04. The molecule has 1 heterocycles. The smallest absolute Gasteiger partial charge is 0.0709 e. The van der Waals surface area contributed by atoms with Gasteiger partial charge in [0.1, 0.15) is 0 Å². The van der Waals surface area contributed by atoms with Crippen molar-refractivity contribution in [3.63, 3.8) is 0 Å². The third kappa shape index (κ3) is 5.31. The first-order valence-electron chi connectivity index (χ1n) is 12.3. The summed E-state index contributed by atoms with van der Waals surface area (Å²) in [5.41, 5.74) is 12.2. The van der Waals surface area contributed by atoms with Crippen LogP contribution in [0.4, 0.5) is 11.4 Å². The maximum atomic E-state index is 5.03. The van der Waals surface area contributed by atoms with E-state index < -0.39 is 0 Å². The first-order chi connectivity index (χ1) is 16.6. The van der Waals surface area contributed by atoms with E-state index in [-0.39, 0.29) is 0 Å². The van der Waals surface area contributed by atoms with Gasteiger partial charge in [-0.2, -0.15) is 0 Å². The van der Waals surface area contributed by atoms with Crippen molar-refractivity contribution >= 4 is 11.4 Å². The minimum atomic E-state index is 0.709. The van der Waals surface area contributed by atoms with Crippen molar-refractivity contribution in [1.82, 2.24) is 4.98 Å². The Labute approximate surface area is 204 Å². The van der Waals surface area contributed by atoms with Crippen LogP contribution in [0.15, 0.2) is 78.9 Å². The molecule has 0 unspecified atom stereocenters.